The van der Waals surface area contributed by atoms with Gasteiger partial charge in [-0.25, -0.2) is 4.79 Å². The highest BCUT2D eigenvalue weighted by molar-refractivity contribution is 8.23. The molecule has 2 aliphatic heterocycles. The molecule has 7 nitrogen and oxygen atoms in total. The zero-order chi connectivity index (χ0) is 20.9. The molecule has 2 unspecified atom stereocenters. The Hall–Kier alpha value is -0.973. The monoisotopic (exact) mass is 432 g/mol. The first-order valence-electron chi connectivity index (χ1n) is 8.83. The largest absolute Gasteiger partial charge is 0.477 e. The maximum atomic E-state index is 13.0. The molecule has 0 aromatic rings. The van der Waals surface area contributed by atoms with Crippen LogP contribution in [0.3, 0.4) is 0 Å². The van der Waals surface area contributed by atoms with Gasteiger partial charge in [-0.3, -0.25) is 14.5 Å². The Bertz CT molecular complexity index is 706. The van der Waals surface area contributed by atoms with Crippen LogP contribution in [0.5, 0.6) is 0 Å². The summed E-state index contributed by atoms with van der Waals surface area (Å²) in [6, 6.07) is 0. The molecule has 4 atom stereocenters. The molecule has 0 radical (unpaired) electrons. The summed E-state index contributed by atoms with van der Waals surface area (Å²) in [7, 11) is -1.46. The number of amides is 2. The number of fused-ring (bicyclic) bond motifs is 1. The van der Waals surface area contributed by atoms with Crippen molar-refractivity contribution < 1.29 is 23.9 Å². The third-order valence-corrected chi connectivity index (χ3v) is 8.82. The third-order valence-electron chi connectivity index (χ3n) is 5.16. The molecule has 0 saturated carbocycles. The quantitative estimate of drug-likeness (QED) is 0.469. The molecule has 0 bridgehead atoms. The number of nitrogens with two attached hydrogens (primary N) is 1. The van der Waals surface area contributed by atoms with E-state index in [1.807, 2.05) is 27.7 Å². The molecule has 27 heavy (non-hydrogen) atoms. The number of carboxylic acid groups (broad SMARTS) is 1. The second-order valence-electron chi connectivity index (χ2n) is 8.32. The average molecular weight is 433 g/mol. The van der Waals surface area contributed by atoms with Gasteiger partial charge in [0.1, 0.15) is 5.37 Å². The minimum Gasteiger partial charge on any atom is -0.477 e. The van der Waals surface area contributed by atoms with Crippen LogP contribution in [0.25, 0.3) is 0 Å². The number of carbonyl (C=O) groups excluding carboxylic acids is 2. The Morgan fingerprint density at radius 3 is 2.30 bits per heavy atom. The zero-order valence-corrected chi connectivity index (χ0v) is 19.5. The van der Waals surface area contributed by atoms with Crippen molar-refractivity contribution in [2.45, 2.75) is 63.9 Å². The fraction of sp³-hybridized carbons (Fsp3) is 0.706. The van der Waals surface area contributed by atoms with Gasteiger partial charge in [-0.15, -0.1) is 11.8 Å². The predicted octanol–water partition coefficient (Wildman–Crippen LogP) is 2.18. The van der Waals surface area contributed by atoms with Gasteiger partial charge in [-0.1, -0.05) is 32.5 Å². The number of carbonyl (C=O) groups is 3. The lowest BCUT2D eigenvalue weighted by molar-refractivity contribution is -0.173. The van der Waals surface area contributed by atoms with Crippen LogP contribution in [0.15, 0.2) is 9.93 Å². The lowest BCUT2D eigenvalue weighted by atomic mass is 9.66. The van der Waals surface area contributed by atoms with E-state index in [0.717, 1.165) is 11.8 Å². The highest BCUT2D eigenvalue weighted by Crippen LogP contribution is 2.59. The third kappa shape index (κ3) is 3.81. The van der Waals surface area contributed by atoms with Gasteiger partial charge in [-0.05, 0) is 32.4 Å². The molecule has 0 spiro atoms. The number of hydrogen-bond acceptors (Lipinski definition) is 6. The summed E-state index contributed by atoms with van der Waals surface area (Å²) in [6.45, 7) is 13.8. The molecule has 0 aromatic carbocycles. The van der Waals surface area contributed by atoms with E-state index in [-0.39, 0.29) is 22.4 Å². The van der Waals surface area contributed by atoms with Gasteiger partial charge < -0.3 is 15.3 Å². The average Bonchev–Trinajstić information content (AvgIpc) is 2.79. The maximum absolute atomic E-state index is 13.0. The van der Waals surface area contributed by atoms with E-state index in [9.17, 15) is 19.5 Å². The SMILES string of the molecule is CC(SC1=C(C(=O)O)N2C(=O)[C@H](C(C)(O[SiH](C)C)C(C)(C)C)[C@@H]2S1)C(N)=O. The number of carboxylic acids is 1. The summed E-state index contributed by atoms with van der Waals surface area (Å²) in [5.74, 6) is -2.38. The van der Waals surface area contributed by atoms with E-state index in [4.69, 9.17) is 10.2 Å². The van der Waals surface area contributed by atoms with Crippen molar-refractivity contribution in [3.05, 3.63) is 9.93 Å². The second-order valence-corrected chi connectivity index (χ2v) is 13.4. The van der Waals surface area contributed by atoms with Gasteiger partial charge in [-0.2, -0.15) is 0 Å². The Morgan fingerprint density at radius 2 is 1.89 bits per heavy atom. The van der Waals surface area contributed by atoms with Crippen LogP contribution in [-0.2, 0) is 18.8 Å². The maximum Gasteiger partial charge on any atom is 0.354 e. The number of thioether (sulfide) groups is 2. The first-order valence-corrected chi connectivity index (χ1v) is 13.4. The number of aliphatic carboxylic acids is 1. The predicted molar refractivity (Wildman–Crippen MR) is 110 cm³/mol. The normalized spacial score (nSPS) is 25.9. The smallest absolute Gasteiger partial charge is 0.354 e. The van der Waals surface area contributed by atoms with Crippen molar-refractivity contribution >= 4 is 50.3 Å². The van der Waals surface area contributed by atoms with Crippen molar-refractivity contribution in [1.82, 2.24) is 4.90 Å². The molecule has 2 heterocycles. The van der Waals surface area contributed by atoms with E-state index >= 15 is 0 Å². The molecular weight excluding hydrogens is 404 g/mol. The van der Waals surface area contributed by atoms with Crippen molar-refractivity contribution in [2.75, 3.05) is 0 Å². The topological polar surface area (TPSA) is 110 Å². The lowest BCUT2D eigenvalue weighted by Gasteiger charge is -2.56. The lowest BCUT2D eigenvalue weighted by Crippen LogP contribution is -2.69. The highest BCUT2D eigenvalue weighted by atomic mass is 32.2. The fourth-order valence-corrected chi connectivity index (χ4v) is 7.80. The summed E-state index contributed by atoms with van der Waals surface area (Å²) < 4.78 is 6.82. The van der Waals surface area contributed by atoms with Crippen LogP contribution in [0, 0.1) is 11.3 Å². The van der Waals surface area contributed by atoms with Gasteiger partial charge in [0, 0.05) is 0 Å². The zero-order valence-electron chi connectivity index (χ0n) is 16.7. The molecule has 10 heteroatoms. The highest BCUT2D eigenvalue weighted by Gasteiger charge is 2.65. The number of hydrogen-bond donors (Lipinski definition) is 2. The van der Waals surface area contributed by atoms with Crippen molar-refractivity contribution in [3.8, 4) is 0 Å². The standard InChI is InChI=1S/C17H28N2O5S2Si/c1-8(11(18)20)25-15-10(14(22)23)19-12(21)9(13(19)26-15)17(5,16(2,3)4)24-27(6)7/h8-9,13,27H,1-7H3,(H2,18,20)(H,22,23)/t8?,9-,13-,17?/m0/s1. The minimum atomic E-state index is -1.46. The van der Waals surface area contributed by atoms with Crippen LogP contribution in [-0.4, -0.2) is 53.1 Å². The second kappa shape index (κ2) is 7.45. The molecule has 1 saturated heterocycles. The molecule has 3 N–H and O–H groups in total. The van der Waals surface area contributed by atoms with E-state index in [2.05, 4.69) is 13.1 Å². The number of nitrogens with zero attached hydrogens (tertiary/aromatic N) is 1. The van der Waals surface area contributed by atoms with Gasteiger partial charge in [0.15, 0.2) is 14.7 Å². The first kappa shape index (κ1) is 22.3. The van der Waals surface area contributed by atoms with Crippen LogP contribution < -0.4 is 5.73 Å². The van der Waals surface area contributed by atoms with Gasteiger partial charge >= 0.3 is 5.97 Å². The molecule has 0 aromatic heterocycles. The summed E-state index contributed by atoms with van der Waals surface area (Å²) in [4.78, 5) is 37.6. The summed E-state index contributed by atoms with van der Waals surface area (Å²) >= 11 is 2.42. The van der Waals surface area contributed by atoms with Crippen molar-refractivity contribution in [1.29, 1.82) is 0 Å². The summed E-state index contributed by atoms with van der Waals surface area (Å²) in [5, 5.41) is 8.72. The summed E-state index contributed by atoms with van der Waals surface area (Å²) in [5.41, 5.74) is 4.25. The number of primary amides is 1. The molecule has 2 rings (SSSR count). The number of β-lactam (4-membered cyclic amide) rings is 1. The Balaban J connectivity index is 2.38. The molecule has 0 aliphatic carbocycles. The molecule has 1 fully saturated rings. The van der Waals surface area contributed by atoms with E-state index in [0.29, 0.717) is 4.24 Å². The van der Waals surface area contributed by atoms with Gasteiger partial charge in [0.05, 0.1) is 21.0 Å². The van der Waals surface area contributed by atoms with Crippen LogP contribution in [0.2, 0.25) is 13.1 Å². The Labute approximate surface area is 170 Å². The number of rotatable bonds is 7. The molecule has 2 aliphatic rings. The molecule has 2 amide bonds. The first-order chi connectivity index (χ1) is 12.2. The molecule has 152 valence electrons. The van der Waals surface area contributed by atoms with Crippen molar-refractivity contribution in [2.24, 2.45) is 17.1 Å². The van der Waals surface area contributed by atoms with Crippen molar-refractivity contribution in [3.63, 3.8) is 0 Å². The molecular formula is C17H28N2O5S2Si. The van der Waals surface area contributed by atoms with Crippen LogP contribution >= 0.6 is 23.5 Å². The van der Waals surface area contributed by atoms with Gasteiger partial charge in [0.25, 0.3) is 0 Å². The fourth-order valence-electron chi connectivity index (χ4n) is 3.29. The van der Waals surface area contributed by atoms with Crippen LogP contribution in [0.4, 0.5) is 0 Å². The Kier molecular flexibility index (Phi) is 6.16. The Morgan fingerprint density at radius 1 is 1.33 bits per heavy atom. The van der Waals surface area contributed by atoms with Gasteiger partial charge in [0.2, 0.25) is 11.8 Å². The van der Waals surface area contributed by atoms with E-state index < -0.39 is 37.7 Å². The summed E-state index contributed by atoms with van der Waals surface area (Å²) in [6.07, 6.45) is 0. The minimum absolute atomic E-state index is 0.0533. The van der Waals surface area contributed by atoms with Crippen LogP contribution in [0.1, 0.15) is 34.6 Å². The van der Waals surface area contributed by atoms with E-state index in [1.54, 1.807) is 6.92 Å². The van der Waals surface area contributed by atoms with E-state index in [1.165, 1.54) is 16.7 Å².